The molecule has 1 aliphatic carbocycles. The number of nitrogens with one attached hydrogen (secondary N) is 2. The Labute approximate surface area is 110 Å². The Morgan fingerprint density at radius 2 is 2.44 bits per heavy atom. The number of rotatable bonds is 5. The van der Waals surface area contributed by atoms with E-state index >= 15 is 0 Å². The van der Waals surface area contributed by atoms with Gasteiger partial charge in [-0.15, -0.1) is 0 Å². The van der Waals surface area contributed by atoms with Crippen molar-refractivity contribution in [1.29, 1.82) is 0 Å². The summed E-state index contributed by atoms with van der Waals surface area (Å²) in [6.07, 6.45) is 6.91. The zero-order valence-electron chi connectivity index (χ0n) is 10.5. The Bertz CT molecular complexity index is 586. The van der Waals surface area contributed by atoms with Gasteiger partial charge in [-0.25, -0.2) is 4.98 Å². The molecule has 6 nitrogen and oxygen atoms in total. The lowest BCUT2D eigenvalue weighted by molar-refractivity contribution is 0.288. The molecule has 0 spiro atoms. The molecule has 0 radical (unpaired) electrons. The number of hydrogen-bond donors (Lipinski definition) is 2. The first kappa shape index (κ1) is 10.1. The second-order valence-corrected chi connectivity index (χ2v) is 4.58. The molecule has 2 N–H and O–H groups in total. The van der Waals surface area contributed by atoms with Crippen molar-refractivity contribution in [3.05, 3.63) is 23.6 Å². The summed E-state index contributed by atoms with van der Waals surface area (Å²) in [5.74, 6) is 1.37. The van der Waals surface area contributed by atoms with Crippen LogP contribution in [0.5, 0.6) is 5.88 Å². The number of aromatic amines is 1. The third kappa shape index (κ3) is 2.70. The summed E-state index contributed by atoms with van der Waals surface area (Å²) in [5.41, 5.74) is 0.630. The van der Waals surface area contributed by atoms with E-state index in [4.69, 9.17) is 17.7 Å². The molecule has 0 atom stereocenters. The van der Waals surface area contributed by atoms with Crippen molar-refractivity contribution in [3.63, 3.8) is 0 Å². The van der Waals surface area contributed by atoms with Gasteiger partial charge in [0, 0.05) is 6.20 Å². The molecule has 2 aromatic rings. The van der Waals surface area contributed by atoms with Gasteiger partial charge in [0.1, 0.15) is 5.02 Å². The molecule has 94 valence electrons. The van der Waals surface area contributed by atoms with E-state index in [1.54, 1.807) is 0 Å². The smallest absolute Gasteiger partial charge is 0.237 e. The Balaban J connectivity index is 1.72. The zero-order chi connectivity index (χ0) is 13.2. The van der Waals surface area contributed by atoms with Gasteiger partial charge < -0.3 is 10.1 Å². The van der Waals surface area contributed by atoms with Crippen LogP contribution in [0.4, 0.5) is 11.6 Å². The monoisotopic (exact) mass is 266 g/mol. The predicted molar refractivity (Wildman–Crippen MR) is 67.1 cm³/mol. The van der Waals surface area contributed by atoms with Crippen molar-refractivity contribution >= 4 is 23.2 Å². The van der Waals surface area contributed by atoms with E-state index in [9.17, 15) is 0 Å². The van der Waals surface area contributed by atoms with Crippen LogP contribution in [0.1, 0.15) is 12.8 Å². The lowest BCUT2D eigenvalue weighted by Gasteiger charge is -2.07. The highest BCUT2D eigenvalue weighted by Gasteiger charge is 2.22. The van der Waals surface area contributed by atoms with Crippen LogP contribution in [0.15, 0.2) is 18.6 Å². The van der Waals surface area contributed by atoms with E-state index in [0.717, 1.165) is 5.09 Å². The van der Waals surface area contributed by atoms with Gasteiger partial charge in [0.25, 0.3) is 0 Å². The number of ether oxygens (including phenoxy) is 1. The Morgan fingerprint density at radius 1 is 1.56 bits per heavy atom. The molecule has 2 heterocycles. The number of halogens is 1. The zero-order valence-corrected chi connectivity index (χ0v) is 10.3. The normalized spacial score (nSPS) is 15.3. The lowest BCUT2D eigenvalue weighted by Crippen LogP contribution is -2.04. The van der Waals surface area contributed by atoms with Crippen LogP contribution in [-0.4, -0.2) is 26.8 Å². The molecule has 0 unspecified atom stereocenters. The summed E-state index contributed by atoms with van der Waals surface area (Å²) in [4.78, 5) is 8.26. The average molecular weight is 267 g/mol. The highest BCUT2D eigenvalue weighted by Crippen LogP contribution is 2.31. The minimum atomic E-state index is 0.364. The van der Waals surface area contributed by atoms with E-state index in [-0.39, 0.29) is 0 Å². The number of aromatic nitrogens is 4. The van der Waals surface area contributed by atoms with Crippen LogP contribution in [-0.2, 0) is 0 Å². The summed E-state index contributed by atoms with van der Waals surface area (Å²) >= 11 is 5.98. The maximum atomic E-state index is 7.26. The van der Waals surface area contributed by atoms with Crippen LogP contribution < -0.4 is 10.1 Å². The minimum absolute atomic E-state index is 0.364. The molecule has 0 amide bonds. The summed E-state index contributed by atoms with van der Waals surface area (Å²) in [5, 5.41) is 8.00. The van der Waals surface area contributed by atoms with Gasteiger partial charge in [0.2, 0.25) is 11.8 Å². The average Bonchev–Trinajstić information content (AvgIpc) is 3.13. The Morgan fingerprint density at radius 3 is 3.17 bits per heavy atom. The second-order valence-electron chi connectivity index (χ2n) is 4.17. The lowest BCUT2D eigenvalue weighted by atomic mass is 10.5. The molecule has 1 saturated carbocycles. The number of H-pyrrole nitrogens is 1. The van der Waals surface area contributed by atoms with Crippen LogP contribution in [0.3, 0.4) is 0 Å². The molecule has 0 aliphatic heterocycles. The van der Waals surface area contributed by atoms with Crippen molar-refractivity contribution < 1.29 is 6.15 Å². The largest absolute Gasteiger partial charge is 0.476 e. The van der Waals surface area contributed by atoms with Gasteiger partial charge in [0.15, 0.2) is 1.41 Å². The number of anilines is 2. The van der Waals surface area contributed by atoms with Crippen molar-refractivity contribution in [2.75, 3.05) is 11.9 Å². The summed E-state index contributed by atoms with van der Waals surface area (Å²) in [6, 6.07) is 0. The van der Waals surface area contributed by atoms with Crippen molar-refractivity contribution in [2.45, 2.75) is 12.8 Å². The fourth-order valence-corrected chi connectivity index (χ4v) is 1.56. The second kappa shape index (κ2) is 4.81. The Hall–Kier alpha value is -1.82. The van der Waals surface area contributed by atoms with Crippen molar-refractivity contribution in [1.82, 2.24) is 20.2 Å². The molecule has 1 fully saturated rings. The predicted octanol–water partition coefficient (Wildman–Crippen LogP) is 2.39. The fourth-order valence-electron chi connectivity index (χ4n) is 1.41. The molecular formula is C11H12ClN5O. The fraction of sp³-hybridized carbons (Fsp3) is 0.364. The molecule has 0 bridgehead atoms. The molecule has 18 heavy (non-hydrogen) atoms. The van der Waals surface area contributed by atoms with Crippen molar-refractivity contribution in [3.8, 4) is 5.88 Å². The maximum absolute atomic E-state index is 7.26. The molecular weight excluding hydrogens is 254 g/mol. The quantitative estimate of drug-likeness (QED) is 0.869. The first-order valence-electron chi connectivity index (χ1n) is 6.12. The van der Waals surface area contributed by atoms with Crippen LogP contribution in [0.2, 0.25) is 6.43 Å². The van der Waals surface area contributed by atoms with Gasteiger partial charge >= 0.3 is 0 Å². The van der Waals surface area contributed by atoms with Crippen LogP contribution in [0.25, 0.3) is 0 Å². The SMILES string of the molecule is [2H]n1cc(Nc2ncc(Cl)c(OCC3CC3)n2)cn1. The highest BCUT2D eigenvalue weighted by atomic mass is 35.5. The van der Waals surface area contributed by atoms with Crippen LogP contribution in [0, 0.1) is 5.92 Å². The molecule has 2 aromatic heterocycles. The molecule has 0 saturated heterocycles. The van der Waals surface area contributed by atoms with Gasteiger partial charge in [-0.05, 0) is 18.8 Å². The van der Waals surface area contributed by atoms with Gasteiger partial charge in [0.05, 0.1) is 24.7 Å². The van der Waals surface area contributed by atoms with E-state index in [1.807, 2.05) is 0 Å². The van der Waals surface area contributed by atoms with E-state index in [0.29, 0.717) is 35.1 Å². The van der Waals surface area contributed by atoms with E-state index in [1.165, 1.54) is 31.4 Å². The molecule has 7 heteroatoms. The Kier molecular flexibility index (Phi) is 2.71. The standard InChI is InChI=1S/C11H12ClN5O/c12-9-5-13-11(16-8-3-14-15-4-8)17-10(9)18-6-7-1-2-7/h3-5,7H,1-2,6H2,(H,14,15)(H,13,16,17)/i/hD. The summed E-state index contributed by atoms with van der Waals surface area (Å²) in [6.45, 7) is 0.640. The highest BCUT2D eigenvalue weighted by molar-refractivity contribution is 6.31. The van der Waals surface area contributed by atoms with Crippen molar-refractivity contribution in [2.24, 2.45) is 5.92 Å². The number of nitrogens with zero attached hydrogens (tertiary/aromatic N) is 3. The van der Waals surface area contributed by atoms with E-state index < -0.39 is 0 Å². The van der Waals surface area contributed by atoms with Crippen LogP contribution >= 0.6 is 11.6 Å². The van der Waals surface area contributed by atoms with E-state index in [2.05, 4.69) is 20.4 Å². The molecule has 0 aromatic carbocycles. The van der Waals surface area contributed by atoms with Gasteiger partial charge in [-0.1, -0.05) is 11.6 Å². The maximum Gasteiger partial charge on any atom is 0.237 e. The topological polar surface area (TPSA) is 75.7 Å². The van der Waals surface area contributed by atoms with Gasteiger partial charge in [-0.2, -0.15) is 10.1 Å². The van der Waals surface area contributed by atoms with Gasteiger partial charge in [-0.3, -0.25) is 5.09 Å². The third-order valence-electron chi connectivity index (χ3n) is 2.58. The minimum Gasteiger partial charge on any atom is -0.476 e. The summed E-state index contributed by atoms with van der Waals surface area (Å²) in [7, 11) is 0. The first-order valence-corrected chi connectivity index (χ1v) is 6.05. The number of hydrogen-bond acceptors (Lipinski definition) is 5. The first-order chi connectivity index (χ1) is 9.20. The molecule has 1 aliphatic rings. The third-order valence-corrected chi connectivity index (χ3v) is 2.84. The molecule has 3 rings (SSSR count). The summed E-state index contributed by atoms with van der Waals surface area (Å²) < 4.78 is 12.8.